The molecular formula is C20H18ClN5O2S. The summed E-state index contributed by atoms with van der Waals surface area (Å²) < 4.78 is 5.26. The van der Waals surface area contributed by atoms with Crippen LogP contribution in [0.4, 0.5) is 11.4 Å². The highest BCUT2D eigenvalue weighted by atomic mass is 35.5. The van der Waals surface area contributed by atoms with Crippen LogP contribution in [0.25, 0.3) is 11.4 Å². The van der Waals surface area contributed by atoms with E-state index in [4.69, 9.17) is 28.3 Å². The van der Waals surface area contributed by atoms with E-state index in [0.717, 1.165) is 29.9 Å². The summed E-state index contributed by atoms with van der Waals surface area (Å²) in [4.78, 5) is 18.1. The number of amides is 1. The van der Waals surface area contributed by atoms with Crippen molar-refractivity contribution in [2.75, 3.05) is 16.8 Å². The van der Waals surface area contributed by atoms with Crippen molar-refractivity contribution < 1.29 is 9.32 Å². The van der Waals surface area contributed by atoms with E-state index >= 15 is 0 Å². The Morgan fingerprint density at radius 2 is 2.07 bits per heavy atom. The van der Waals surface area contributed by atoms with Crippen molar-refractivity contribution in [2.24, 2.45) is 0 Å². The van der Waals surface area contributed by atoms with Gasteiger partial charge < -0.3 is 20.1 Å². The quantitative estimate of drug-likeness (QED) is 0.595. The molecule has 0 radical (unpaired) electrons. The summed E-state index contributed by atoms with van der Waals surface area (Å²) in [5, 5.41) is 11.2. The lowest BCUT2D eigenvalue weighted by Gasteiger charge is -2.17. The fraction of sp³-hybridized carbons (Fsp3) is 0.200. The van der Waals surface area contributed by atoms with Gasteiger partial charge in [-0.3, -0.25) is 4.79 Å². The van der Waals surface area contributed by atoms with Gasteiger partial charge in [-0.2, -0.15) is 4.98 Å². The maximum absolute atomic E-state index is 11.9. The summed E-state index contributed by atoms with van der Waals surface area (Å²) in [5.74, 6) is 1.05. The fourth-order valence-electron chi connectivity index (χ4n) is 3.05. The smallest absolute Gasteiger partial charge is 0.246 e. The molecule has 2 aromatic carbocycles. The maximum atomic E-state index is 11.9. The molecule has 2 N–H and O–H groups in total. The SMILES string of the molecule is O=C1CCCN1c1cccc(NC(=S)NCc2nc(-c3ccc(Cl)cc3)no2)c1. The van der Waals surface area contributed by atoms with Crippen molar-refractivity contribution in [3.05, 3.63) is 59.4 Å². The van der Waals surface area contributed by atoms with Crippen molar-refractivity contribution in [1.82, 2.24) is 15.5 Å². The molecule has 4 rings (SSSR count). The number of carbonyl (C=O) groups is 1. The first-order valence-corrected chi connectivity index (χ1v) is 9.91. The third-order valence-electron chi connectivity index (χ3n) is 4.46. The lowest BCUT2D eigenvalue weighted by atomic mass is 10.2. The molecule has 29 heavy (non-hydrogen) atoms. The predicted octanol–water partition coefficient (Wildman–Crippen LogP) is 4.00. The minimum atomic E-state index is 0.149. The first-order chi connectivity index (χ1) is 14.1. The van der Waals surface area contributed by atoms with Gasteiger partial charge in [-0.1, -0.05) is 22.8 Å². The first-order valence-electron chi connectivity index (χ1n) is 9.12. The van der Waals surface area contributed by atoms with E-state index in [-0.39, 0.29) is 12.5 Å². The second-order valence-electron chi connectivity index (χ2n) is 6.53. The monoisotopic (exact) mass is 427 g/mol. The highest BCUT2D eigenvalue weighted by Crippen LogP contribution is 2.24. The molecule has 3 aromatic rings. The molecule has 1 fully saturated rings. The highest BCUT2D eigenvalue weighted by Gasteiger charge is 2.21. The third kappa shape index (κ3) is 4.72. The fourth-order valence-corrected chi connectivity index (χ4v) is 3.36. The van der Waals surface area contributed by atoms with Crippen molar-refractivity contribution in [1.29, 1.82) is 0 Å². The molecule has 1 amide bonds. The maximum Gasteiger partial charge on any atom is 0.246 e. The van der Waals surface area contributed by atoms with Crippen LogP contribution >= 0.6 is 23.8 Å². The molecule has 0 spiro atoms. The molecule has 1 saturated heterocycles. The van der Waals surface area contributed by atoms with Gasteiger partial charge in [0, 0.05) is 34.9 Å². The number of benzene rings is 2. The summed E-state index contributed by atoms with van der Waals surface area (Å²) in [6.07, 6.45) is 1.48. The van der Waals surface area contributed by atoms with Crippen LogP contribution in [0, 0.1) is 0 Å². The van der Waals surface area contributed by atoms with Gasteiger partial charge in [0.15, 0.2) is 5.11 Å². The molecular weight excluding hydrogens is 410 g/mol. The Morgan fingerprint density at radius 1 is 1.24 bits per heavy atom. The van der Waals surface area contributed by atoms with E-state index in [2.05, 4.69) is 20.8 Å². The Labute approximate surface area is 178 Å². The van der Waals surface area contributed by atoms with Crippen molar-refractivity contribution in [2.45, 2.75) is 19.4 Å². The summed E-state index contributed by atoms with van der Waals surface area (Å²) in [6, 6.07) is 14.8. The van der Waals surface area contributed by atoms with Crippen LogP contribution in [0.2, 0.25) is 5.02 Å². The molecule has 0 saturated carbocycles. The Kier molecular flexibility index (Phi) is 5.73. The van der Waals surface area contributed by atoms with Gasteiger partial charge in [0.25, 0.3) is 0 Å². The number of carbonyl (C=O) groups excluding carboxylic acids is 1. The minimum absolute atomic E-state index is 0.149. The highest BCUT2D eigenvalue weighted by molar-refractivity contribution is 7.80. The van der Waals surface area contributed by atoms with Gasteiger partial charge in [0.1, 0.15) is 0 Å². The van der Waals surface area contributed by atoms with E-state index in [9.17, 15) is 4.79 Å². The summed E-state index contributed by atoms with van der Waals surface area (Å²) in [7, 11) is 0. The molecule has 0 aliphatic carbocycles. The Morgan fingerprint density at radius 3 is 2.83 bits per heavy atom. The van der Waals surface area contributed by atoms with Crippen LogP contribution in [0.5, 0.6) is 0 Å². The molecule has 9 heteroatoms. The van der Waals surface area contributed by atoms with Crippen LogP contribution in [-0.2, 0) is 11.3 Å². The molecule has 2 heterocycles. The van der Waals surface area contributed by atoms with E-state index in [1.54, 1.807) is 17.0 Å². The number of nitrogens with zero attached hydrogens (tertiary/aromatic N) is 3. The van der Waals surface area contributed by atoms with Crippen LogP contribution in [0.3, 0.4) is 0 Å². The second kappa shape index (κ2) is 8.59. The number of rotatable bonds is 5. The number of anilines is 2. The van der Waals surface area contributed by atoms with Gasteiger partial charge in [-0.25, -0.2) is 0 Å². The molecule has 1 aromatic heterocycles. The first kappa shape index (κ1) is 19.4. The normalized spacial score (nSPS) is 13.6. The molecule has 0 bridgehead atoms. The van der Waals surface area contributed by atoms with Gasteiger partial charge in [-0.15, -0.1) is 0 Å². The Bertz CT molecular complexity index is 1040. The Hall–Kier alpha value is -2.97. The van der Waals surface area contributed by atoms with Gasteiger partial charge >= 0.3 is 0 Å². The molecule has 148 valence electrons. The number of halogens is 1. The Balaban J connectivity index is 1.34. The van der Waals surface area contributed by atoms with E-state index in [1.165, 1.54) is 0 Å². The lowest BCUT2D eigenvalue weighted by molar-refractivity contribution is -0.117. The molecule has 1 aliphatic rings. The molecule has 0 atom stereocenters. The average Bonchev–Trinajstić information content (AvgIpc) is 3.36. The minimum Gasteiger partial charge on any atom is -0.353 e. The molecule has 0 unspecified atom stereocenters. The van der Waals surface area contributed by atoms with Crippen molar-refractivity contribution in [3.63, 3.8) is 0 Å². The van der Waals surface area contributed by atoms with Crippen LogP contribution in [0.15, 0.2) is 53.1 Å². The van der Waals surface area contributed by atoms with E-state index in [1.807, 2.05) is 36.4 Å². The van der Waals surface area contributed by atoms with Gasteiger partial charge in [-0.05, 0) is 61.1 Å². The lowest BCUT2D eigenvalue weighted by Crippen LogP contribution is -2.28. The van der Waals surface area contributed by atoms with Crippen LogP contribution < -0.4 is 15.5 Å². The van der Waals surface area contributed by atoms with Crippen LogP contribution in [-0.4, -0.2) is 27.7 Å². The van der Waals surface area contributed by atoms with Crippen molar-refractivity contribution >= 4 is 46.2 Å². The molecule has 7 nitrogen and oxygen atoms in total. The van der Waals surface area contributed by atoms with Crippen molar-refractivity contribution in [3.8, 4) is 11.4 Å². The average molecular weight is 428 g/mol. The zero-order valence-corrected chi connectivity index (χ0v) is 17.0. The number of hydrogen-bond acceptors (Lipinski definition) is 5. The summed E-state index contributed by atoms with van der Waals surface area (Å²) >= 11 is 11.2. The topological polar surface area (TPSA) is 83.3 Å². The third-order valence-corrected chi connectivity index (χ3v) is 4.96. The van der Waals surface area contributed by atoms with Gasteiger partial charge in [0.05, 0.1) is 6.54 Å². The van der Waals surface area contributed by atoms with Crippen LogP contribution in [0.1, 0.15) is 18.7 Å². The second-order valence-corrected chi connectivity index (χ2v) is 7.37. The zero-order chi connectivity index (χ0) is 20.2. The van der Waals surface area contributed by atoms with Gasteiger partial charge in [0.2, 0.25) is 17.6 Å². The van der Waals surface area contributed by atoms with E-state index in [0.29, 0.717) is 28.3 Å². The number of aromatic nitrogens is 2. The zero-order valence-electron chi connectivity index (χ0n) is 15.4. The molecule has 1 aliphatic heterocycles. The largest absolute Gasteiger partial charge is 0.353 e. The van der Waals surface area contributed by atoms with E-state index < -0.39 is 0 Å². The summed E-state index contributed by atoms with van der Waals surface area (Å²) in [5.41, 5.74) is 2.48. The number of hydrogen-bond donors (Lipinski definition) is 2. The predicted molar refractivity (Wildman–Crippen MR) is 116 cm³/mol. The standard InChI is InChI=1S/C20H18ClN5O2S/c21-14-8-6-13(7-9-14)19-24-17(28-25-19)12-22-20(29)23-15-3-1-4-16(11-15)26-10-2-5-18(26)27/h1,3-4,6-9,11H,2,5,10,12H2,(H2,22,23,29). The number of nitrogens with one attached hydrogen (secondary N) is 2. The number of thiocarbonyl (C=S) groups is 1. The summed E-state index contributed by atoms with van der Waals surface area (Å²) in [6.45, 7) is 1.04.